The topological polar surface area (TPSA) is 62.4 Å². The van der Waals surface area contributed by atoms with Crippen LogP contribution in [0.4, 0.5) is 5.82 Å². The highest BCUT2D eigenvalue weighted by Crippen LogP contribution is 2.33. The maximum atomic E-state index is 10.4. The van der Waals surface area contributed by atoms with Gasteiger partial charge >= 0.3 is 0 Å². The van der Waals surface area contributed by atoms with Gasteiger partial charge in [-0.2, -0.15) is 0 Å². The van der Waals surface area contributed by atoms with Gasteiger partial charge in [-0.1, -0.05) is 24.4 Å². The number of anilines is 1. The van der Waals surface area contributed by atoms with Crippen LogP contribution < -0.4 is 10.6 Å². The molecule has 4 nitrogen and oxygen atoms in total. The number of nitrogens with two attached hydrogens (primary N) is 1. The number of rotatable bonds is 4. The summed E-state index contributed by atoms with van der Waals surface area (Å²) < 4.78 is 0. The van der Waals surface area contributed by atoms with Crippen LogP contribution in [0.5, 0.6) is 0 Å². The maximum Gasteiger partial charge on any atom is 0.147 e. The minimum atomic E-state index is -0.599. The molecule has 0 aliphatic heterocycles. The average molecular weight is 270 g/mol. The largest absolute Gasteiger partial charge is 0.388 e. The fourth-order valence-electron chi connectivity index (χ4n) is 2.60. The first kappa shape index (κ1) is 13.6. The Morgan fingerprint density at radius 2 is 2.17 bits per heavy atom. The summed E-state index contributed by atoms with van der Waals surface area (Å²) in [6, 6.07) is 1.82. The summed E-state index contributed by atoms with van der Waals surface area (Å²) in [6.45, 7) is 0.959. The smallest absolute Gasteiger partial charge is 0.147 e. The van der Waals surface area contributed by atoms with Crippen molar-refractivity contribution in [1.82, 2.24) is 4.98 Å². The number of hydrogen-bond acceptors (Lipinski definition) is 4. The molecule has 1 aliphatic rings. The summed E-state index contributed by atoms with van der Waals surface area (Å²) in [6.07, 6.45) is 5.60. The van der Waals surface area contributed by atoms with E-state index in [4.69, 9.17) is 17.3 Å². The van der Waals surface area contributed by atoms with Crippen molar-refractivity contribution in [3.8, 4) is 0 Å². The van der Waals surface area contributed by atoms with Gasteiger partial charge in [-0.15, -0.1) is 0 Å². The summed E-state index contributed by atoms with van der Waals surface area (Å²) in [7, 11) is 1.91. The Morgan fingerprint density at radius 3 is 2.78 bits per heavy atom. The lowest BCUT2D eigenvalue weighted by atomic mass is 10.0. The number of nitrogens with zero attached hydrogens (tertiary/aromatic N) is 2. The van der Waals surface area contributed by atoms with Gasteiger partial charge in [-0.3, -0.25) is 0 Å². The summed E-state index contributed by atoms with van der Waals surface area (Å²) in [4.78, 5) is 6.21. The van der Waals surface area contributed by atoms with E-state index in [1.54, 1.807) is 6.20 Å². The van der Waals surface area contributed by atoms with E-state index in [1.165, 1.54) is 0 Å². The molecule has 0 radical (unpaired) electrons. The Morgan fingerprint density at radius 1 is 1.50 bits per heavy atom. The van der Waals surface area contributed by atoms with E-state index in [9.17, 15) is 5.11 Å². The van der Waals surface area contributed by atoms with Crippen molar-refractivity contribution in [3.05, 3.63) is 22.8 Å². The van der Waals surface area contributed by atoms with Crippen LogP contribution in [0.1, 0.15) is 31.2 Å². The van der Waals surface area contributed by atoms with Crippen LogP contribution in [0.3, 0.4) is 0 Å². The number of likely N-dealkylation sites (N-methyl/N-ethyl adjacent to an activating group) is 1. The van der Waals surface area contributed by atoms with Gasteiger partial charge in [0.05, 0.1) is 10.6 Å². The SMILES string of the molecule is CN(CC1(O)CCCC1)c1nccc(CN)c1Cl. The van der Waals surface area contributed by atoms with Gasteiger partial charge in [0.1, 0.15) is 5.82 Å². The molecule has 0 saturated heterocycles. The number of aromatic nitrogens is 1. The van der Waals surface area contributed by atoms with E-state index in [0.29, 0.717) is 23.9 Å². The molecule has 1 fully saturated rings. The molecule has 5 heteroatoms. The molecule has 100 valence electrons. The van der Waals surface area contributed by atoms with Crippen molar-refractivity contribution >= 4 is 17.4 Å². The highest BCUT2D eigenvalue weighted by molar-refractivity contribution is 6.33. The van der Waals surface area contributed by atoms with Gasteiger partial charge in [0.2, 0.25) is 0 Å². The lowest BCUT2D eigenvalue weighted by molar-refractivity contribution is 0.0558. The first-order chi connectivity index (χ1) is 8.56. The van der Waals surface area contributed by atoms with Gasteiger partial charge < -0.3 is 15.7 Å². The van der Waals surface area contributed by atoms with Crippen LogP contribution in [0.25, 0.3) is 0 Å². The standard InChI is InChI=1S/C13H20ClN3O/c1-17(9-13(18)5-2-3-6-13)12-11(14)10(8-15)4-7-16-12/h4,7,18H,2-3,5-6,8-9,15H2,1H3. The summed E-state index contributed by atoms with van der Waals surface area (Å²) in [5.41, 5.74) is 5.91. The second kappa shape index (κ2) is 5.43. The lowest BCUT2D eigenvalue weighted by Crippen LogP contribution is -2.39. The molecule has 0 spiro atoms. The molecule has 0 bridgehead atoms. The van der Waals surface area contributed by atoms with E-state index in [1.807, 2.05) is 18.0 Å². The van der Waals surface area contributed by atoms with E-state index in [2.05, 4.69) is 4.98 Å². The normalized spacial score (nSPS) is 18.0. The molecule has 3 N–H and O–H groups in total. The Labute approximate surface area is 113 Å². The van der Waals surface area contributed by atoms with Crippen molar-refractivity contribution in [2.75, 3.05) is 18.5 Å². The number of pyridine rings is 1. The molecular weight excluding hydrogens is 250 g/mol. The Hall–Kier alpha value is -0.840. The highest BCUT2D eigenvalue weighted by atomic mass is 35.5. The van der Waals surface area contributed by atoms with Crippen LogP contribution in [0.15, 0.2) is 12.3 Å². The molecular formula is C13H20ClN3O. The molecule has 1 aromatic heterocycles. The highest BCUT2D eigenvalue weighted by Gasteiger charge is 2.33. The Bertz CT molecular complexity index is 419. The lowest BCUT2D eigenvalue weighted by Gasteiger charge is -2.30. The number of aliphatic hydroxyl groups is 1. The van der Waals surface area contributed by atoms with Crippen LogP contribution in [-0.2, 0) is 6.54 Å². The number of halogens is 1. The zero-order valence-electron chi connectivity index (χ0n) is 10.7. The fraction of sp³-hybridized carbons (Fsp3) is 0.615. The van der Waals surface area contributed by atoms with Crippen LogP contribution in [0.2, 0.25) is 5.02 Å². The third-order valence-corrected chi connectivity index (χ3v) is 4.01. The van der Waals surface area contributed by atoms with Crippen molar-refractivity contribution in [1.29, 1.82) is 0 Å². The summed E-state index contributed by atoms with van der Waals surface area (Å²) in [5, 5.41) is 11.0. The Balaban J connectivity index is 2.15. The molecule has 0 aromatic carbocycles. The predicted molar refractivity (Wildman–Crippen MR) is 73.8 cm³/mol. The van der Waals surface area contributed by atoms with E-state index < -0.39 is 5.60 Å². The predicted octanol–water partition coefficient (Wildman–Crippen LogP) is 1.93. The minimum Gasteiger partial charge on any atom is -0.388 e. The van der Waals surface area contributed by atoms with Gasteiger partial charge in [0.25, 0.3) is 0 Å². The zero-order chi connectivity index (χ0) is 13.2. The van der Waals surface area contributed by atoms with Crippen LogP contribution in [-0.4, -0.2) is 29.3 Å². The second-order valence-electron chi connectivity index (χ2n) is 5.10. The van der Waals surface area contributed by atoms with Crippen LogP contribution in [0, 0.1) is 0 Å². The van der Waals surface area contributed by atoms with Crippen molar-refractivity contribution in [2.45, 2.75) is 37.8 Å². The minimum absolute atomic E-state index is 0.395. The van der Waals surface area contributed by atoms with Crippen molar-refractivity contribution in [3.63, 3.8) is 0 Å². The summed E-state index contributed by atoms with van der Waals surface area (Å²) in [5.74, 6) is 0.694. The van der Waals surface area contributed by atoms with Gasteiger partial charge in [0, 0.05) is 26.3 Å². The molecule has 0 amide bonds. The molecule has 1 aromatic rings. The quantitative estimate of drug-likeness (QED) is 0.877. The maximum absolute atomic E-state index is 10.4. The summed E-state index contributed by atoms with van der Waals surface area (Å²) >= 11 is 6.27. The van der Waals surface area contributed by atoms with Crippen molar-refractivity contribution in [2.24, 2.45) is 5.73 Å². The molecule has 1 heterocycles. The Kier molecular flexibility index (Phi) is 4.10. The van der Waals surface area contributed by atoms with Crippen LogP contribution >= 0.6 is 11.6 Å². The van der Waals surface area contributed by atoms with Gasteiger partial charge in [-0.05, 0) is 24.5 Å². The molecule has 1 aliphatic carbocycles. The molecule has 1 saturated carbocycles. The van der Waals surface area contributed by atoms with E-state index in [0.717, 1.165) is 31.2 Å². The number of hydrogen-bond donors (Lipinski definition) is 2. The fourth-order valence-corrected chi connectivity index (χ4v) is 2.94. The molecule has 18 heavy (non-hydrogen) atoms. The second-order valence-corrected chi connectivity index (χ2v) is 5.48. The van der Waals surface area contributed by atoms with E-state index in [-0.39, 0.29) is 0 Å². The van der Waals surface area contributed by atoms with Gasteiger partial charge in [-0.25, -0.2) is 4.98 Å². The van der Waals surface area contributed by atoms with Gasteiger partial charge in [0.15, 0.2) is 0 Å². The monoisotopic (exact) mass is 269 g/mol. The van der Waals surface area contributed by atoms with Crippen molar-refractivity contribution < 1.29 is 5.11 Å². The first-order valence-corrected chi connectivity index (χ1v) is 6.70. The zero-order valence-corrected chi connectivity index (χ0v) is 11.5. The third-order valence-electron chi connectivity index (χ3n) is 3.60. The molecule has 0 atom stereocenters. The first-order valence-electron chi connectivity index (χ1n) is 6.33. The molecule has 2 rings (SSSR count). The third kappa shape index (κ3) is 2.76. The van der Waals surface area contributed by atoms with E-state index >= 15 is 0 Å². The molecule has 0 unspecified atom stereocenters. The average Bonchev–Trinajstić information content (AvgIpc) is 2.76.